The zero-order chi connectivity index (χ0) is 69.8. The molecule has 10 aliphatic rings. The summed E-state index contributed by atoms with van der Waals surface area (Å²) in [4.78, 5) is 81.5. The number of methoxy groups -OCH3 is 1. The first-order valence-corrected chi connectivity index (χ1v) is 33.7. The molecule has 536 valence electrons. The van der Waals surface area contributed by atoms with Crippen molar-refractivity contribution in [3.05, 3.63) is 63.6 Å². The molecule has 6 saturated heterocycles. The summed E-state index contributed by atoms with van der Waals surface area (Å²) in [5.41, 5.74) is 1.22. The number of aldehydes is 1. The second kappa shape index (κ2) is 29.7. The maximum Gasteiger partial charge on any atom is 0.346 e. The van der Waals surface area contributed by atoms with Crippen molar-refractivity contribution in [1.82, 2.24) is 0 Å². The minimum atomic E-state index is -2.25. The van der Waals surface area contributed by atoms with Crippen LogP contribution in [0.4, 0.5) is 0 Å². The van der Waals surface area contributed by atoms with Gasteiger partial charge in [-0.1, -0.05) is 50.6 Å². The van der Waals surface area contributed by atoms with Crippen molar-refractivity contribution in [2.24, 2.45) is 46.7 Å². The van der Waals surface area contributed by atoms with E-state index in [2.05, 4.69) is 0 Å². The predicted octanol–water partition coefficient (Wildman–Crippen LogP) is 3.15. The van der Waals surface area contributed by atoms with Gasteiger partial charge in [0.05, 0.1) is 74.4 Å². The number of carbonyl (C=O) groups excluding carboxylic acids is 6. The molecule has 7 fully saturated rings. The minimum absolute atomic E-state index is 0.0269. The summed E-state index contributed by atoms with van der Waals surface area (Å²) in [5.74, 6) is -8.74. The number of hydrogen-bond donors (Lipinski definition) is 7. The molecule has 10 rings (SSSR count). The molecule has 96 heavy (non-hydrogen) atoms. The van der Waals surface area contributed by atoms with Gasteiger partial charge in [-0.2, -0.15) is 0 Å². The second-order valence-electron chi connectivity index (χ2n) is 28.6. The van der Waals surface area contributed by atoms with E-state index in [0.29, 0.717) is 49.5 Å². The molecule has 1 spiro atoms. The summed E-state index contributed by atoms with van der Waals surface area (Å²) in [5, 5.41) is 68.8. The fourth-order valence-electron chi connectivity index (χ4n) is 16.8. The van der Waals surface area contributed by atoms with Crippen LogP contribution in [0, 0.1) is 46.1 Å². The largest absolute Gasteiger partial charge is 0.600 e. The van der Waals surface area contributed by atoms with E-state index < -0.39 is 216 Å². The highest BCUT2D eigenvalue weighted by Gasteiger charge is 2.65. The number of allylic oxidation sites excluding steroid dienone is 3. The van der Waals surface area contributed by atoms with E-state index in [1.807, 2.05) is 45.9 Å². The van der Waals surface area contributed by atoms with Gasteiger partial charge >= 0.3 is 23.9 Å². The lowest BCUT2D eigenvalue weighted by molar-refractivity contribution is -1.09. The molecule has 0 aromatic rings. The molecule has 1 unspecified atom stereocenters. The first-order chi connectivity index (χ1) is 45.3. The Labute approximate surface area is 558 Å². The Morgan fingerprint density at radius 3 is 2.07 bits per heavy atom. The summed E-state index contributed by atoms with van der Waals surface area (Å²) in [6.45, 7) is 18.2. The number of Topliss-reactive ketones (excluding diaryl/α,β-unsaturated/α-hetero) is 1. The van der Waals surface area contributed by atoms with Gasteiger partial charge in [-0.05, 0) is 102 Å². The zero-order valence-corrected chi connectivity index (χ0v) is 56.6. The number of fused-ring (bicyclic) bond motifs is 4. The van der Waals surface area contributed by atoms with E-state index in [0.717, 1.165) is 7.11 Å². The predicted molar refractivity (Wildman–Crippen MR) is 330 cm³/mol. The molecule has 0 radical (unpaired) electrons. The molecule has 8 N–H and O–H groups in total. The van der Waals surface area contributed by atoms with E-state index in [-0.39, 0.29) is 49.7 Å². The van der Waals surface area contributed by atoms with Crippen molar-refractivity contribution >= 4 is 35.9 Å². The van der Waals surface area contributed by atoms with Crippen LogP contribution in [0.3, 0.4) is 0 Å². The molecule has 30 atom stereocenters. The van der Waals surface area contributed by atoms with E-state index >= 15 is 4.79 Å². The number of aliphatic hydroxyl groups excluding tert-OH is 4. The molecular weight excluding hydrogens is 1260 g/mol. The van der Waals surface area contributed by atoms with E-state index in [4.69, 9.17) is 72.0 Å². The first-order valence-electron chi connectivity index (χ1n) is 33.7. The van der Waals surface area contributed by atoms with Crippen LogP contribution in [-0.4, -0.2) is 209 Å². The van der Waals surface area contributed by atoms with Crippen molar-refractivity contribution in [2.75, 3.05) is 13.7 Å². The molecule has 6 aliphatic heterocycles. The van der Waals surface area contributed by atoms with Crippen LogP contribution in [0.5, 0.6) is 0 Å². The SMILES string of the molecule is COC(=O)[C@H]1O[C@@H](O[C@H]2C/C=C(/C)[C@@H]3C=C[C@@H]4[C@@H](O[C@H]5C[C@@H](O[C@H]6CC[C@@H](O[C@@H]7C[C@@H](O)[C@@H](O[C@H]8CC[C@@H](O)[C@H](C)O8)[C@H](C)O7)[C@H](C)O6)[C@@H](OC(C)=O)[C@H](COC(C)=O)O5)[C@@H](C)C[C@H](C)[C@H]4[C@]3(C)/C(O)=C3/C(=O)O[C@]4(CC(C=O)=C[C@H](O)[C@H]4/C=C\2C)C3=O)C[C@](C)([NH+]([O-])O)[C@H]1N. The van der Waals surface area contributed by atoms with Crippen LogP contribution in [0.25, 0.3) is 0 Å². The van der Waals surface area contributed by atoms with Crippen LogP contribution < -0.4 is 11.0 Å². The standard InChI is InChI=1S/C68H98N2O26/c1-30-13-17-46(89-54-27-66(10,70(81)82)61(69)60(95-54)65(80)83-12)31(2)22-42-44(75)23-39(28-71)26-68(42)63(78)55(64(79)96-68)62(77)67(11)41(30)15-14-40-56(67)32(3)21-33(4)57(40)94-53-25-48(59(88-38(9)73)49(92-53)29-84-37(8)72)91-50-20-18-47(35(6)86-50)90-52-24-45(76)58(36(7)87-52)93-51-19-16-43(74)34(5)85-51/h13-15,22-23,28,32-36,40-54,56-61,70,74-77,81H,16-21,24-27,29,69H2,1-12H3/b30-13-,31-22-,62-55-/t32-,33-,34-,35-,36-,40-,41-,42+,43+,44-,45+,46-,47+,48+,49-,50-,51-,52+,53-,54+,56+,57-,58-,59+,60-,61-,66-,67+,68-/m0/s1. The third-order valence-corrected chi connectivity index (χ3v) is 21.9. The molecular formula is C68H98N2O26. The lowest BCUT2D eigenvalue weighted by atomic mass is 9.49. The number of ketones is 1. The summed E-state index contributed by atoms with van der Waals surface area (Å²) in [6, 6.07) is -1.34. The second-order valence-corrected chi connectivity index (χ2v) is 28.6. The Morgan fingerprint density at radius 2 is 1.42 bits per heavy atom. The third-order valence-electron chi connectivity index (χ3n) is 21.9. The van der Waals surface area contributed by atoms with Gasteiger partial charge < -0.3 is 97.7 Å². The zero-order valence-electron chi connectivity index (χ0n) is 56.6. The molecule has 4 aliphatic carbocycles. The third kappa shape index (κ3) is 14.7. The van der Waals surface area contributed by atoms with Crippen molar-refractivity contribution in [3.8, 4) is 0 Å². The minimum Gasteiger partial charge on any atom is -0.600 e. The normalized spacial score (nSPS) is 47.4. The Bertz CT molecular complexity index is 3030. The Balaban J connectivity index is 0.935. The summed E-state index contributed by atoms with van der Waals surface area (Å²) in [6.07, 6.45) is -6.65. The Morgan fingerprint density at radius 1 is 0.750 bits per heavy atom. The van der Waals surface area contributed by atoms with Crippen LogP contribution in [0.15, 0.2) is 58.4 Å². The lowest BCUT2D eigenvalue weighted by Gasteiger charge is -2.57. The Kier molecular flexibility index (Phi) is 22.8. The van der Waals surface area contributed by atoms with Crippen LogP contribution in [-0.2, 0) is 95.1 Å². The summed E-state index contributed by atoms with van der Waals surface area (Å²) >= 11 is 0. The maximum atomic E-state index is 15.6. The number of hydrogen-bond acceptors (Lipinski definition) is 27. The molecule has 28 nitrogen and oxygen atoms in total. The van der Waals surface area contributed by atoms with Crippen molar-refractivity contribution < 1.29 is 126 Å². The number of aliphatic hydroxyl groups is 4. The van der Waals surface area contributed by atoms with E-state index in [1.54, 1.807) is 27.7 Å². The topological polar surface area (TPSA) is 386 Å². The fraction of sp³-hybridized carbons (Fsp3) is 0.765. The number of rotatable bonds is 16. The van der Waals surface area contributed by atoms with Crippen LogP contribution in [0.2, 0.25) is 0 Å². The average Bonchev–Trinajstić information content (AvgIpc) is 1.14. The van der Waals surface area contributed by atoms with Gasteiger partial charge in [0.15, 0.2) is 49.3 Å². The monoisotopic (exact) mass is 1360 g/mol. The van der Waals surface area contributed by atoms with Gasteiger partial charge in [-0.15, -0.1) is 0 Å². The number of ether oxygens (including phenoxy) is 14. The van der Waals surface area contributed by atoms with Crippen LogP contribution >= 0.6 is 0 Å². The van der Waals surface area contributed by atoms with E-state index in [1.165, 1.54) is 32.9 Å². The highest BCUT2D eigenvalue weighted by atomic mass is 16.8. The van der Waals surface area contributed by atoms with Gasteiger partial charge in [0.2, 0.25) is 5.78 Å². The quantitative estimate of drug-likeness (QED) is 0.0291. The molecule has 0 aromatic heterocycles. The average molecular weight is 1360 g/mol. The first kappa shape index (κ1) is 73.7. The number of nitrogens with two attached hydrogens (primary N) is 1. The summed E-state index contributed by atoms with van der Waals surface area (Å²) < 4.78 is 87.1. The van der Waals surface area contributed by atoms with Gasteiger partial charge in [0, 0.05) is 63.2 Å². The van der Waals surface area contributed by atoms with Gasteiger partial charge in [0.25, 0.3) is 0 Å². The number of quaternary nitrogens is 1. The molecule has 0 aromatic carbocycles. The number of esters is 4. The van der Waals surface area contributed by atoms with Crippen molar-refractivity contribution in [1.29, 1.82) is 0 Å². The Hall–Kier alpha value is -4.96. The molecule has 28 heteroatoms. The molecule has 1 saturated carbocycles. The van der Waals surface area contributed by atoms with E-state index in [9.17, 15) is 54.8 Å². The maximum absolute atomic E-state index is 15.6. The molecule has 6 heterocycles. The number of carbonyl (C=O) groups is 6. The molecule has 2 bridgehead atoms. The fourth-order valence-corrected chi connectivity index (χ4v) is 16.8. The summed E-state index contributed by atoms with van der Waals surface area (Å²) in [7, 11) is 1.11. The van der Waals surface area contributed by atoms with Crippen LogP contribution in [0.1, 0.15) is 140 Å². The van der Waals surface area contributed by atoms with Crippen molar-refractivity contribution in [3.63, 3.8) is 0 Å². The van der Waals surface area contributed by atoms with Crippen molar-refractivity contribution in [2.45, 2.75) is 274 Å². The molecule has 0 amide bonds. The highest BCUT2D eigenvalue weighted by molar-refractivity contribution is 6.26. The lowest BCUT2D eigenvalue weighted by Crippen LogP contribution is -3.17. The van der Waals surface area contributed by atoms with Gasteiger partial charge in [-0.25, -0.2) is 20.0 Å². The van der Waals surface area contributed by atoms with Gasteiger partial charge in [-0.3, -0.25) is 19.2 Å². The van der Waals surface area contributed by atoms with Gasteiger partial charge in [0.1, 0.15) is 54.1 Å². The number of nitrogens with one attached hydrogen (secondary N) is 1. The highest BCUT2D eigenvalue weighted by Crippen LogP contribution is 2.61. The smallest absolute Gasteiger partial charge is 0.346 e. The number of hydroxylamine groups is 2.